The van der Waals surface area contributed by atoms with Gasteiger partial charge in [-0.15, -0.1) is 21.5 Å². The fourth-order valence-electron chi connectivity index (χ4n) is 3.74. The number of hydrogen-bond donors (Lipinski definition) is 0. The molecule has 1 atom stereocenters. The molecular weight excluding hydrogens is 308 g/mol. The zero-order valence-corrected chi connectivity index (χ0v) is 14.5. The van der Waals surface area contributed by atoms with Gasteiger partial charge in [0.25, 0.3) is 0 Å². The van der Waals surface area contributed by atoms with E-state index in [0.29, 0.717) is 5.92 Å². The fraction of sp³-hybridized carbons (Fsp3) is 0.688. The van der Waals surface area contributed by atoms with Crippen LogP contribution >= 0.6 is 11.3 Å². The maximum Gasteiger partial charge on any atom is 0.185 e. The van der Waals surface area contributed by atoms with E-state index in [1.54, 1.807) is 11.3 Å². The molecule has 2 fully saturated rings. The first-order chi connectivity index (χ1) is 11.3. The molecule has 2 aliphatic rings. The molecule has 0 saturated carbocycles. The predicted octanol–water partition coefficient (Wildman–Crippen LogP) is 2.25. The molecule has 0 radical (unpaired) electrons. The van der Waals surface area contributed by atoms with Gasteiger partial charge >= 0.3 is 0 Å². The average Bonchev–Trinajstić information content (AvgIpc) is 3.32. The van der Waals surface area contributed by atoms with Crippen LogP contribution in [-0.4, -0.2) is 50.8 Å². The summed E-state index contributed by atoms with van der Waals surface area (Å²) in [6.45, 7) is 5.44. The summed E-state index contributed by atoms with van der Waals surface area (Å²) in [6.07, 6.45) is 6.91. The van der Waals surface area contributed by atoms with E-state index in [9.17, 15) is 0 Å². The van der Waals surface area contributed by atoms with Crippen LogP contribution in [0.15, 0.2) is 11.6 Å². The van der Waals surface area contributed by atoms with Crippen molar-refractivity contribution in [1.82, 2.24) is 24.6 Å². The number of hydrogen-bond acceptors (Lipinski definition) is 6. The first-order valence-corrected chi connectivity index (χ1v) is 9.44. The smallest absolute Gasteiger partial charge is 0.185 e. The average molecular weight is 332 g/mol. The van der Waals surface area contributed by atoms with E-state index < -0.39 is 0 Å². The van der Waals surface area contributed by atoms with Crippen LogP contribution in [0.2, 0.25) is 0 Å². The lowest BCUT2D eigenvalue weighted by Crippen LogP contribution is -2.35. The highest BCUT2D eigenvalue weighted by molar-refractivity contribution is 7.13. The van der Waals surface area contributed by atoms with Crippen LogP contribution < -0.4 is 4.90 Å². The summed E-state index contributed by atoms with van der Waals surface area (Å²) in [5, 5.41) is 12.2. The van der Waals surface area contributed by atoms with E-state index in [4.69, 9.17) is 0 Å². The second kappa shape index (κ2) is 6.57. The molecule has 0 bridgehead atoms. The molecule has 2 aliphatic heterocycles. The minimum atomic E-state index is 0.456. The van der Waals surface area contributed by atoms with Gasteiger partial charge in [-0.1, -0.05) is 0 Å². The van der Waals surface area contributed by atoms with Gasteiger partial charge in [0, 0.05) is 37.6 Å². The highest BCUT2D eigenvalue weighted by Crippen LogP contribution is 2.30. The molecule has 0 aliphatic carbocycles. The van der Waals surface area contributed by atoms with Gasteiger partial charge < -0.3 is 9.47 Å². The molecule has 4 rings (SSSR count). The molecule has 0 aromatic carbocycles. The van der Waals surface area contributed by atoms with Crippen LogP contribution in [0.5, 0.6) is 0 Å². The van der Waals surface area contributed by atoms with Crippen molar-refractivity contribution < 1.29 is 0 Å². The van der Waals surface area contributed by atoms with Crippen molar-refractivity contribution >= 4 is 16.5 Å². The van der Waals surface area contributed by atoms with Crippen molar-refractivity contribution in [3.8, 4) is 0 Å². The van der Waals surface area contributed by atoms with Crippen LogP contribution in [0.25, 0.3) is 0 Å². The van der Waals surface area contributed by atoms with Crippen molar-refractivity contribution in [3.63, 3.8) is 0 Å². The first-order valence-electron chi connectivity index (χ1n) is 8.56. The molecular formula is C16H24N6S. The van der Waals surface area contributed by atoms with Crippen LogP contribution in [0.3, 0.4) is 0 Å². The SMILES string of the molecule is Cn1c(CN2CCCC2)nnc1[C@H]1CCCN(c2nccs2)C1. The number of likely N-dealkylation sites (tertiary alicyclic amines) is 1. The number of aromatic nitrogens is 4. The Bertz CT molecular complexity index is 631. The van der Waals surface area contributed by atoms with Crippen molar-refractivity contribution in [2.75, 3.05) is 31.1 Å². The Balaban J connectivity index is 1.47. The third-order valence-electron chi connectivity index (χ3n) is 5.04. The number of piperidine rings is 1. The normalized spacial score (nSPS) is 22.8. The van der Waals surface area contributed by atoms with E-state index in [1.807, 2.05) is 6.20 Å². The van der Waals surface area contributed by atoms with E-state index >= 15 is 0 Å². The van der Waals surface area contributed by atoms with Gasteiger partial charge in [-0.05, 0) is 38.8 Å². The van der Waals surface area contributed by atoms with E-state index in [-0.39, 0.29) is 0 Å². The Hall–Kier alpha value is -1.47. The summed E-state index contributed by atoms with van der Waals surface area (Å²) in [6, 6.07) is 0. The molecule has 6 nitrogen and oxygen atoms in total. The molecule has 2 aromatic rings. The van der Waals surface area contributed by atoms with Gasteiger partial charge in [-0.3, -0.25) is 4.90 Å². The van der Waals surface area contributed by atoms with Gasteiger partial charge in [0.2, 0.25) is 0 Å². The molecule has 0 unspecified atom stereocenters. The Morgan fingerprint density at radius 3 is 2.83 bits per heavy atom. The quantitative estimate of drug-likeness (QED) is 0.859. The highest BCUT2D eigenvalue weighted by atomic mass is 32.1. The molecule has 4 heterocycles. The lowest BCUT2D eigenvalue weighted by atomic mass is 9.97. The monoisotopic (exact) mass is 332 g/mol. The largest absolute Gasteiger partial charge is 0.347 e. The topological polar surface area (TPSA) is 50.1 Å². The zero-order chi connectivity index (χ0) is 15.6. The van der Waals surface area contributed by atoms with Gasteiger partial charge in [0.15, 0.2) is 5.13 Å². The second-order valence-electron chi connectivity index (χ2n) is 6.62. The minimum absolute atomic E-state index is 0.456. The molecule has 2 aromatic heterocycles. The van der Waals surface area contributed by atoms with Gasteiger partial charge in [0.05, 0.1) is 6.54 Å². The van der Waals surface area contributed by atoms with Crippen LogP contribution in [0, 0.1) is 0 Å². The number of rotatable bonds is 4. The van der Waals surface area contributed by atoms with E-state index in [0.717, 1.165) is 36.4 Å². The molecule has 0 N–H and O–H groups in total. The van der Waals surface area contributed by atoms with E-state index in [2.05, 4.69) is 42.0 Å². The van der Waals surface area contributed by atoms with Gasteiger partial charge in [0.1, 0.15) is 11.6 Å². The Labute approximate surface area is 141 Å². The van der Waals surface area contributed by atoms with Crippen LogP contribution in [-0.2, 0) is 13.6 Å². The van der Waals surface area contributed by atoms with Gasteiger partial charge in [-0.25, -0.2) is 4.98 Å². The minimum Gasteiger partial charge on any atom is -0.347 e. The van der Waals surface area contributed by atoms with Gasteiger partial charge in [-0.2, -0.15) is 0 Å². The summed E-state index contributed by atoms with van der Waals surface area (Å²) >= 11 is 1.72. The summed E-state index contributed by atoms with van der Waals surface area (Å²) in [5.41, 5.74) is 0. The van der Waals surface area contributed by atoms with Crippen LogP contribution in [0.4, 0.5) is 5.13 Å². The zero-order valence-electron chi connectivity index (χ0n) is 13.7. The third kappa shape index (κ3) is 3.12. The van der Waals surface area contributed by atoms with Crippen molar-refractivity contribution in [3.05, 3.63) is 23.2 Å². The number of nitrogens with zero attached hydrogens (tertiary/aromatic N) is 6. The van der Waals surface area contributed by atoms with E-state index in [1.165, 1.54) is 38.8 Å². The highest BCUT2D eigenvalue weighted by Gasteiger charge is 2.27. The fourth-order valence-corrected chi connectivity index (χ4v) is 4.42. The summed E-state index contributed by atoms with van der Waals surface area (Å²) < 4.78 is 2.23. The summed E-state index contributed by atoms with van der Waals surface area (Å²) in [5.74, 6) is 2.70. The molecule has 2 saturated heterocycles. The third-order valence-corrected chi connectivity index (χ3v) is 5.87. The summed E-state index contributed by atoms with van der Waals surface area (Å²) in [4.78, 5) is 9.34. The molecule has 124 valence electrons. The van der Waals surface area contributed by atoms with Crippen LogP contribution in [0.1, 0.15) is 43.3 Å². The first kappa shape index (κ1) is 15.1. The van der Waals surface area contributed by atoms with Crippen molar-refractivity contribution in [1.29, 1.82) is 0 Å². The Kier molecular flexibility index (Phi) is 4.31. The molecule has 23 heavy (non-hydrogen) atoms. The molecule has 0 amide bonds. The predicted molar refractivity (Wildman–Crippen MR) is 91.8 cm³/mol. The lowest BCUT2D eigenvalue weighted by molar-refractivity contribution is 0.317. The maximum atomic E-state index is 4.54. The molecule has 0 spiro atoms. The summed E-state index contributed by atoms with van der Waals surface area (Å²) in [7, 11) is 2.13. The van der Waals surface area contributed by atoms with Crippen molar-refractivity contribution in [2.24, 2.45) is 7.05 Å². The lowest BCUT2D eigenvalue weighted by Gasteiger charge is -2.32. The standard InChI is InChI=1S/C16H24N6S/c1-20-14(12-21-7-2-3-8-21)18-19-15(20)13-5-4-9-22(11-13)16-17-6-10-23-16/h6,10,13H,2-5,7-9,11-12H2,1H3/t13-/m0/s1. The number of anilines is 1. The maximum absolute atomic E-state index is 4.54. The molecule has 7 heteroatoms. The number of thiazole rings is 1. The Morgan fingerprint density at radius 2 is 2.04 bits per heavy atom. The van der Waals surface area contributed by atoms with Crippen molar-refractivity contribution in [2.45, 2.75) is 38.1 Å². The second-order valence-corrected chi connectivity index (χ2v) is 7.49. The Morgan fingerprint density at radius 1 is 1.17 bits per heavy atom.